The van der Waals surface area contributed by atoms with Gasteiger partial charge in [0.1, 0.15) is 11.4 Å². The average molecular weight is 535 g/mol. The maximum absolute atomic E-state index is 12.8. The van der Waals surface area contributed by atoms with E-state index in [1.165, 1.54) is 4.90 Å². The number of hydrogen-bond acceptors (Lipinski definition) is 6. The lowest BCUT2D eigenvalue weighted by Crippen LogP contribution is -2.37. The Morgan fingerprint density at radius 3 is 2.66 bits per heavy atom. The van der Waals surface area contributed by atoms with Gasteiger partial charge in [-0.2, -0.15) is 18.2 Å². The Bertz CT molecular complexity index is 1170. The highest BCUT2D eigenvalue weighted by Gasteiger charge is 2.45. The van der Waals surface area contributed by atoms with Crippen molar-refractivity contribution in [3.63, 3.8) is 0 Å². The number of aliphatic hydroxyl groups is 1. The lowest BCUT2D eigenvalue weighted by atomic mass is 10.00. The van der Waals surface area contributed by atoms with Crippen molar-refractivity contribution in [1.29, 1.82) is 0 Å². The first-order valence-electron chi connectivity index (χ1n) is 13.0. The molecule has 2 N–H and O–H groups in total. The highest BCUT2D eigenvalue weighted by atomic mass is 19.4. The molecule has 3 heterocycles. The van der Waals surface area contributed by atoms with Gasteiger partial charge >= 0.3 is 12.2 Å². The number of aliphatic hydroxyl groups excluding tert-OH is 1. The van der Waals surface area contributed by atoms with Gasteiger partial charge in [-0.15, -0.1) is 0 Å². The Kier molecular flexibility index (Phi) is 7.41. The number of alkyl halides is 3. The van der Waals surface area contributed by atoms with E-state index < -0.39 is 30.1 Å². The van der Waals surface area contributed by atoms with Crippen molar-refractivity contribution in [1.82, 2.24) is 9.88 Å². The summed E-state index contributed by atoms with van der Waals surface area (Å²) >= 11 is 0. The summed E-state index contributed by atoms with van der Waals surface area (Å²) in [6, 6.07) is 8.95. The van der Waals surface area contributed by atoms with Crippen molar-refractivity contribution in [3.05, 3.63) is 35.9 Å². The number of benzene rings is 1. The fourth-order valence-electron chi connectivity index (χ4n) is 5.03. The molecular weight excluding hydrogens is 501 g/mol. The van der Waals surface area contributed by atoms with Crippen LogP contribution in [0.2, 0.25) is 0 Å². The van der Waals surface area contributed by atoms with Crippen LogP contribution in [0.25, 0.3) is 11.1 Å². The number of ether oxygens (including phenoxy) is 2. The monoisotopic (exact) mass is 534 g/mol. The molecule has 8 nitrogen and oxygen atoms in total. The fourth-order valence-corrected chi connectivity index (χ4v) is 5.03. The summed E-state index contributed by atoms with van der Waals surface area (Å²) in [7, 11) is 0. The SMILES string of the molecule is Cc1ccc(NC(=O)N2CC[C@@H](CC(F)(F)F)C2)cc1-c1cc(OC2(CO)CC2)nc(N2CCOCC2)c1. The first-order chi connectivity index (χ1) is 18.1. The molecule has 0 bridgehead atoms. The maximum Gasteiger partial charge on any atom is 0.389 e. The number of urea groups is 1. The number of anilines is 2. The Hall–Kier alpha value is -3.05. The van der Waals surface area contributed by atoms with E-state index in [0.29, 0.717) is 50.8 Å². The molecule has 1 saturated carbocycles. The highest BCUT2D eigenvalue weighted by Crippen LogP contribution is 2.41. The van der Waals surface area contributed by atoms with Crippen molar-refractivity contribution >= 4 is 17.5 Å². The molecule has 2 aromatic rings. The molecule has 1 aromatic carbocycles. The van der Waals surface area contributed by atoms with Crippen molar-refractivity contribution in [2.24, 2.45) is 5.92 Å². The van der Waals surface area contributed by atoms with E-state index in [9.17, 15) is 23.1 Å². The normalized spacial score (nSPS) is 20.9. The summed E-state index contributed by atoms with van der Waals surface area (Å²) in [4.78, 5) is 21.1. The van der Waals surface area contributed by atoms with Crippen LogP contribution >= 0.6 is 0 Å². The molecule has 206 valence electrons. The summed E-state index contributed by atoms with van der Waals surface area (Å²) in [5.74, 6) is 0.602. The summed E-state index contributed by atoms with van der Waals surface area (Å²) in [6.45, 7) is 4.87. The van der Waals surface area contributed by atoms with Crippen molar-refractivity contribution in [2.45, 2.75) is 44.4 Å². The second-order valence-corrected chi connectivity index (χ2v) is 10.5. The smallest absolute Gasteiger partial charge is 0.389 e. The van der Waals surface area contributed by atoms with Crippen LogP contribution in [0.3, 0.4) is 0 Å². The summed E-state index contributed by atoms with van der Waals surface area (Å²) < 4.78 is 49.9. The number of likely N-dealkylation sites (tertiary alicyclic amines) is 1. The second kappa shape index (κ2) is 10.6. The minimum atomic E-state index is -4.23. The van der Waals surface area contributed by atoms with Gasteiger partial charge in [-0.3, -0.25) is 0 Å². The first kappa shape index (κ1) is 26.6. The van der Waals surface area contributed by atoms with Crippen molar-refractivity contribution in [2.75, 3.05) is 56.2 Å². The third-order valence-electron chi connectivity index (χ3n) is 7.43. The molecule has 0 spiro atoms. The van der Waals surface area contributed by atoms with Crippen LogP contribution in [0.1, 0.15) is 31.2 Å². The van der Waals surface area contributed by atoms with Crippen LogP contribution in [-0.2, 0) is 4.74 Å². The summed E-state index contributed by atoms with van der Waals surface area (Å²) in [5.41, 5.74) is 2.66. The van der Waals surface area contributed by atoms with Gasteiger partial charge in [0.05, 0.1) is 19.8 Å². The van der Waals surface area contributed by atoms with Crippen LogP contribution in [0.4, 0.5) is 29.5 Å². The van der Waals surface area contributed by atoms with E-state index in [1.54, 1.807) is 6.07 Å². The molecule has 3 aliphatic rings. The van der Waals surface area contributed by atoms with E-state index in [2.05, 4.69) is 10.2 Å². The first-order valence-corrected chi connectivity index (χ1v) is 13.0. The number of pyridine rings is 1. The quantitative estimate of drug-likeness (QED) is 0.540. The Morgan fingerprint density at radius 2 is 1.97 bits per heavy atom. The molecule has 1 aromatic heterocycles. The molecule has 1 atom stereocenters. The standard InChI is InChI=1S/C27H33F3N4O4/c1-18-2-3-21(31-25(36)34-7-4-19(16-34)15-27(28,29)30)14-22(18)20-12-23(33-8-10-37-11-9-33)32-24(13-20)38-26(17-35)5-6-26/h2-3,12-14,19,35H,4-11,15-17H2,1H3,(H,31,36)/t19-/m0/s1. The van der Waals surface area contributed by atoms with Crippen LogP contribution < -0.4 is 15.0 Å². The minimum Gasteiger partial charge on any atom is -0.469 e. The molecule has 2 amide bonds. The van der Waals surface area contributed by atoms with Gasteiger partial charge in [-0.05, 0) is 67.0 Å². The molecule has 2 aliphatic heterocycles. The maximum atomic E-state index is 12.8. The zero-order chi connectivity index (χ0) is 26.9. The molecule has 0 unspecified atom stereocenters. The van der Waals surface area contributed by atoms with E-state index in [-0.39, 0.29) is 13.2 Å². The van der Waals surface area contributed by atoms with Gasteiger partial charge in [-0.1, -0.05) is 6.07 Å². The number of rotatable bonds is 7. The zero-order valence-electron chi connectivity index (χ0n) is 21.4. The lowest BCUT2D eigenvalue weighted by molar-refractivity contribution is -0.143. The predicted molar refractivity (Wildman–Crippen MR) is 136 cm³/mol. The number of halogens is 3. The molecular formula is C27H33F3N4O4. The molecule has 1 aliphatic carbocycles. The molecule has 2 saturated heterocycles. The van der Waals surface area contributed by atoms with Gasteiger partial charge in [0.15, 0.2) is 0 Å². The van der Waals surface area contributed by atoms with Crippen LogP contribution in [0, 0.1) is 12.8 Å². The number of carbonyl (C=O) groups is 1. The van der Waals surface area contributed by atoms with E-state index in [1.807, 2.05) is 31.2 Å². The number of aryl methyl sites for hydroxylation is 1. The largest absolute Gasteiger partial charge is 0.469 e. The molecule has 11 heteroatoms. The number of carbonyl (C=O) groups excluding carboxylic acids is 1. The molecule has 0 radical (unpaired) electrons. The zero-order valence-corrected chi connectivity index (χ0v) is 21.4. The van der Waals surface area contributed by atoms with E-state index in [4.69, 9.17) is 14.5 Å². The van der Waals surface area contributed by atoms with Gasteiger partial charge in [0, 0.05) is 44.4 Å². The second-order valence-electron chi connectivity index (χ2n) is 10.5. The lowest BCUT2D eigenvalue weighted by Gasteiger charge is -2.29. The summed E-state index contributed by atoms with van der Waals surface area (Å²) in [6.07, 6.45) is -3.23. The fraction of sp³-hybridized carbons (Fsp3) is 0.556. The van der Waals surface area contributed by atoms with Gasteiger partial charge < -0.3 is 29.7 Å². The van der Waals surface area contributed by atoms with Crippen LogP contribution in [-0.4, -0.2) is 78.8 Å². The van der Waals surface area contributed by atoms with Crippen LogP contribution in [0.15, 0.2) is 30.3 Å². The number of morpholine rings is 1. The van der Waals surface area contributed by atoms with Crippen molar-refractivity contribution < 1.29 is 32.5 Å². The minimum absolute atomic E-state index is 0.0767. The highest BCUT2D eigenvalue weighted by molar-refractivity contribution is 5.90. The van der Waals surface area contributed by atoms with Gasteiger partial charge in [0.2, 0.25) is 5.88 Å². The number of amides is 2. The van der Waals surface area contributed by atoms with E-state index in [0.717, 1.165) is 35.3 Å². The van der Waals surface area contributed by atoms with Gasteiger partial charge in [0.25, 0.3) is 0 Å². The average Bonchev–Trinajstić information content (AvgIpc) is 3.51. The Morgan fingerprint density at radius 1 is 1.21 bits per heavy atom. The Balaban J connectivity index is 1.37. The van der Waals surface area contributed by atoms with Crippen LogP contribution in [0.5, 0.6) is 5.88 Å². The third kappa shape index (κ3) is 6.32. The number of nitrogens with zero attached hydrogens (tertiary/aromatic N) is 3. The topological polar surface area (TPSA) is 87.2 Å². The number of hydrogen-bond donors (Lipinski definition) is 2. The Labute approximate surface area is 219 Å². The van der Waals surface area contributed by atoms with Gasteiger partial charge in [-0.25, -0.2) is 4.79 Å². The predicted octanol–water partition coefficient (Wildman–Crippen LogP) is 4.60. The van der Waals surface area contributed by atoms with Crippen molar-refractivity contribution in [3.8, 4) is 17.0 Å². The summed E-state index contributed by atoms with van der Waals surface area (Å²) in [5, 5.41) is 12.6. The molecule has 5 rings (SSSR count). The molecule has 38 heavy (non-hydrogen) atoms. The van der Waals surface area contributed by atoms with E-state index >= 15 is 0 Å². The number of aromatic nitrogens is 1. The molecule has 3 fully saturated rings. The number of nitrogens with one attached hydrogen (secondary N) is 1. The third-order valence-corrected chi connectivity index (χ3v) is 7.43.